The molecule has 0 saturated carbocycles. The molecule has 0 spiro atoms. The van der Waals surface area contributed by atoms with E-state index in [2.05, 4.69) is 16.6 Å². The van der Waals surface area contributed by atoms with Crippen LogP contribution in [0.15, 0.2) is 0 Å². The standard InChI is InChI=1S/C7H17BN2O/c1-3-9-4-6-10(7-5-9)8(2)11/h11H,3-7H2,1-2H3. The SMILES string of the molecule is CCN1CCN(B(C)O)CC1. The fraction of sp³-hybridized carbons (Fsp3) is 1.00. The molecule has 11 heavy (non-hydrogen) atoms. The summed E-state index contributed by atoms with van der Waals surface area (Å²) in [6, 6.07) is 0. The summed E-state index contributed by atoms with van der Waals surface area (Å²) >= 11 is 0. The Bertz CT molecular complexity index is 113. The highest BCUT2D eigenvalue weighted by Crippen LogP contribution is 2.01. The van der Waals surface area contributed by atoms with Gasteiger partial charge in [0.25, 0.3) is 0 Å². The third-order valence-corrected chi connectivity index (χ3v) is 2.38. The molecule has 0 unspecified atom stereocenters. The van der Waals surface area contributed by atoms with Crippen LogP contribution in [0.2, 0.25) is 6.82 Å². The smallest absolute Gasteiger partial charge is 0.376 e. The number of hydrogen-bond acceptors (Lipinski definition) is 3. The number of likely N-dealkylation sites (N-methyl/N-ethyl adjacent to an activating group) is 1. The predicted molar refractivity (Wildman–Crippen MR) is 47.5 cm³/mol. The molecule has 0 radical (unpaired) electrons. The fourth-order valence-corrected chi connectivity index (χ4v) is 1.45. The Balaban J connectivity index is 2.24. The van der Waals surface area contributed by atoms with Gasteiger partial charge in [0.05, 0.1) is 0 Å². The molecule has 1 N–H and O–H groups in total. The van der Waals surface area contributed by atoms with Crippen molar-refractivity contribution in [1.29, 1.82) is 0 Å². The van der Waals surface area contributed by atoms with Gasteiger partial charge in [-0.2, -0.15) is 0 Å². The van der Waals surface area contributed by atoms with E-state index in [9.17, 15) is 5.02 Å². The molecule has 0 aliphatic carbocycles. The van der Waals surface area contributed by atoms with Crippen LogP contribution in [0.25, 0.3) is 0 Å². The Labute approximate surface area is 69.1 Å². The van der Waals surface area contributed by atoms with Crippen molar-refractivity contribution in [3.05, 3.63) is 0 Å². The molecule has 3 nitrogen and oxygen atoms in total. The third kappa shape index (κ3) is 2.47. The number of nitrogens with zero attached hydrogens (tertiary/aromatic N) is 2. The summed E-state index contributed by atoms with van der Waals surface area (Å²) in [6.07, 6.45) is 0. The maximum Gasteiger partial charge on any atom is 0.376 e. The highest BCUT2D eigenvalue weighted by atomic mass is 16.2. The van der Waals surface area contributed by atoms with Crippen molar-refractivity contribution in [3.63, 3.8) is 0 Å². The van der Waals surface area contributed by atoms with Crippen molar-refractivity contribution in [2.75, 3.05) is 32.7 Å². The van der Waals surface area contributed by atoms with Gasteiger partial charge in [-0.05, 0) is 13.4 Å². The molecule has 1 aliphatic heterocycles. The van der Waals surface area contributed by atoms with Gasteiger partial charge in [-0.15, -0.1) is 0 Å². The maximum absolute atomic E-state index is 9.24. The lowest BCUT2D eigenvalue weighted by atomic mass is 9.84. The summed E-state index contributed by atoms with van der Waals surface area (Å²) < 4.78 is 0. The van der Waals surface area contributed by atoms with E-state index in [1.807, 2.05) is 6.82 Å². The second-order valence-corrected chi connectivity index (χ2v) is 3.10. The Morgan fingerprint density at radius 1 is 1.27 bits per heavy atom. The summed E-state index contributed by atoms with van der Waals surface area (Å²) in [4.78, 5) is 4.51. The Morgan fingerprint density at radius 3 is 2.18 bits per heavy atom. The summed E-state index contributed by atoms with van der Waals surface area (Å²) in [5, 5.41) is 9.24. The van der Waals surface area contributed by atoms with Gasteiger partial charge in [0, 0.05) is 26.2 Å². The molecule has 0 amide bonds. The van der Waals surface area contributed by atoms with Crippen molar-refractivity contribution in [2.24, 2.45) is 0 Å². The minimum absolute atomic E-state index is 0.269. The van der Waals surface area contributed by atoms with Crippen LogP contribution in [0.5, 0.6) is 0 Å². The van der Waals surface area contributed by atoms with E-state index in [0.717, 1.165) is 32.7 Å². The van der Waals surface area contributed by atoms with E-state index < -0.39 is 0 Å². The predicted octanol–water partition coefficient (Wildman–Crippen LogP) is -0.266. The molecule has 0 atom stereocenters. The van der Waals surface area contributed by atoms with Crippen LogP contribution in [0, 0.1) is 0 Å². The number of rotatable bonds is 2. The van der Waals surface area contributed by atoms with Gasteiger partial charge in [0.15, 0.2) is 0 Å². The van der Waals surface area contributed by atoms with Crippen LogP contribution in [0.1, 0.15) is 6.92 Å². The Kier molecular flexibility index (Phi) is 3.36. The van der Waals surface area contributed by atoms with Crippen molar-refractivity contribution >= 4 is 7.05 Å². The lowest BCUT2D eigenvalue weighted by Crippen LogP contribution is -2.51. The molecule has 1 heterocycles. The first-order chi connectivity index (χ1) is 5.24. The average molecular weight is 156 g/mol. The van der Waals surface area contributed by atoms with E-state index in [-0.39, 0.29) is 7.05 Å². The van der Waals surface area contributed by atoms with E-state index >= 15 is 0 Å². The maximum atomic E-state index is 9.24. The summed E-state index contributed by atoms with van der Waals surface area (Å²) in [5.41, 5.74) is 0. The van der Waals surface area contributed by atoms with E-state index in [1.54, 1.807) is 0 Å². The second kappa shape index (κ2) is 4.09. The van der Waals surface area contributed by atoms with Gasteiger partial charge in [-0.25, -0.2) is 0 Å². The fourth-order valence-electron chi connectivity index (χ4n) is 1.45. The van der Waals surface area contributed by atoms with E-state index in [4.69, 9.17) is 0 Å². The van der Waals surface area contributed by atoms with Crippen molar-refractivity contribution in [3.8, 4) is 0 Å². The Hall–Kier alpha value is -0.0551. The normalized spacial score (nSPS) is 22.1. The average Bonchev–Trinajstić information content (AvgIpc) is 2.05. The molecule has 0 bridgehead atoms. The van der Waals surface area contributed by atoms with Gasteiger partial charge in [0.2, 0.25) is 0 Å². The van der Waals surface area contributed by atoms with Gasteiger partial charge < -0.3 is 14.7 Å². The van der Waals surface area contributed by atoms with Gasteiger partial charge in [-0.3, -0.25) is 0 Å². The van der Waals surface area contributed by atoms with Gasteiger partial charge >= 0.3 is 7.05 Å². The third-order valence-electron chi connectivity index (χ3n) is 2.38. The molecular formula is C7H17BN2O. The van der Waals surface area contributed by atoms with Gasteiger partial charge in [0.1, 0.15) is 0 Å². The zero-order valence-electron chi connectivity index (χ0n) is 7.45. The van der Waals surface area contributed by atoms with Crippen LogP contribution in [-0.4, -0.2) is 54.5 Å². The summed E-state index contributed by atoms with van der Waals surface area (Å²) in [7, 11) is -0.269. The molecular weight excluding hydrogens is 139 g/mol. The quantitative estimate of drug-likeness (QED) is 0.557. The monoisotopic (exact) mass is 156 g/mol. The van der Waals surface area contributed by atoms with Crippen LogP contribution < -0.4 is 0 Å². The molecule has 1 fully saturated rings. The van der Waals surface area contributed by atoms with Crippen LogP contribution >= 0.6 is 0 Å². The molecule has 64 valence electrons. The number of piperazine rings is 1. The van der Waals surface area contributed by atoms with Crippen molar-refractivity contribution < 1.29 is 5.02 Å². The molecule has 0 aromatic rings. The van der Waals surface area contributed by atoms with E-state index in [0.29, 0.717) is 0 Å². The molecule has 1 aliphatic rings. The minimum Gasteiger partial charge on any atom is -0.437 e. The lowest BCUT2D eigenvalue weighted by Gasteiger charge is -2.34. The van der Waals surface area contributed by atoms with Crippen LogP contribution in [0.3, 0.4) is 0 Å². The molecule has 4 heteroatoms. The summed E-state index contributed by atoms with van der Waals surface area (Å²) in [5.74, 6) is 0. The number of hydrogen-bond donors (Lipinski definition) is 1. The van der Waals surface area contributed by atoms with Gasteiger partial charge in [-0.1, -0.05) is 6.92 Å². The highest BCUT2D eigenvalue weighted by Gasteiger charge is 2.20. The van der Waals surface area contributed by atoms with E-state index in [1.165, 1.54) is 0 Å². The first-order valence-corrected chi connectivity index (χ1v) is 4.38. The van der Waals surface area contributed by atoms with Crippen LogP contribution in [-0.2, 0) is 0 Å². The first kappa shape index (κ1) is 9.04. The first-order valence-electron chi connectivity index (χ1n) is 4.38. The minimum atomic E-state index is -0.269. The molecule has 1 rings (SSSR count). The second-order valence-electron chi connectivity index (χ2n) is 3.10. The lowest BCUT2D eigenvalue weighted by molar-refractivity contribution is 0.183. The molecule has 1 saturated heterocycles. The Morgan fingerprint density at radius 2 is 1.82 bits per heavy atom. The highest BCUT2D eigenvalue weighted by molar-refractivity contribution is 6.45. The topological polar surface area (TPSA) is 26.7 Å². The zero-order valence-corrected chi connectivity index (χ0v) is 7.45. The van der Waals surface area contributed by atoms with Crippen molar-refractivity contribution in [2.45, 2.75) is 13.7 Å². The van der Waals surface area contributed by atoms with Crippen molar-refractivity contribution in [1.82, 2.24) is 9.71 Å². The molecule has 0 aromatic heterocycles. The molecule has 0 aromatic carbocycles. The van der Waals surface area contributed by atoms with Crippen LogP contribution in [0.4, 0.5) is 0 Å². The zero-order chi connectivity index (χ0) is 8.27. The summed E-state index contributed by atoms with van der Waals surface area (Å²) in [6.45, 7) is 9.35. The largest absolute Gasteiger partial charge is 0.437 e.